The number of fused-ring (bicyclic) bond motifs is 1. The van der Waals surface area contributed by atoms with Crippen LogP contribution in [0.3, 0.4) is 0 Å². The molecule has 0 fully saturated rings. The number of Topliss-reactive ketones (excluding diaryl/α,β-unsaturated/α-hetero) is 1. The van der Waals surface area contributed by atoms with Crippen molar-refractivity contribution in [3.8, 4) is 0 Å². The number of carbonyl (C=O) groups is 1. The Morgan fingerprint density at radius 2 is 2.23 bits per heavy atom. The second-order valence-corrected chi connectivity index (χ2v) is 3.07. The van der Waals surface area contributed by atoms with Gasteiger partial charge in [-0.05, 0) is 25.0 Å². The van der Waals surface area contributed by atoms with E-state index >= 15 is 0 Å². The van der Waals surface area contributed by atoms with Crippen molar-refractivity contribution in [1.29, 1.82) is 0 Å². The lowest BCUT2D eigenvalue weighted by atomic mass is 10.1. The number of hydrogen-bond donors (Lipinski definition) is 1. The number of benzene rings is 1. The summed E-state index contributed by atoms with van der Waals surface area (Å²) in [4.78, 5) is 11.2. The molecule has 1 heterocycles. The van der Waals surface area contributed by atoms with E-state index in [9.17, 15) is 4.79 Å². The third kappa shape index (κ3) is 1.68. The van der Waals surface area contributed by atoms with Crippen LogP contribution in [0, 0.1) is 0 Å². The van der Waals surface area contributed by atoms with E-state index in [0.29, 0.717) is 0 Å². The van der Waals surface area contributed by atoms with Crippen molar-refractivity contribution >= 4 is 23.9 Å². The van der Waals surface area contributed by atoms with Gasteiger partial charge in [0.25, 0.3) is 0 Å². The summed E-state index contributed by atoms with van der Waals surface area (Å²) < 4.78 is 0. The SMILES string of the molecule is CC(=O)c1cccc2c1NCC2.Cl. The molecule has 0 bridgehead atoms. The largest absolute Gasteiger partial charge is 0.384 e. The van der Waals surface area contributed by atoms with Crippen LogP contribution in [-0.2, 0) is 6.42 Å². The molecule has 1 aliphatic heterocycles. The fourth-order valence-electron chi connectivity index (χ4n) is 1.63. The molecule has 70 valence electrons. The lowest BCUT2D eigenvalue weighted by Gasteiger charge is -2.04. The van der Waals surface area contributed by atoms with Gasteiger partial charge in [0, 0.05) is 17.8 Å². The first kappa shape index (κ1) is 10.1. The molecule has 0 amide bonds. The van der Waals surface area contributed by atoms with Gasteiger partial charge >= 0.3 is 0 Å². The Kier molecular flexibility index (Phi) is 2.94. The first-order valence-electron chi connectivity index (χ1n) is 4.16. The second-order valence-electron chi connectivity index (χ2n) is 3.07. The Hall–Kier alpha value is -1.02. The van der Waals surface area contributed by atoms with Crippen LogP contribution in [0.5, 0.6) is 0 Å². The normalized spacial score (nSPS) is 12.7. The number of anilines is 1. The van der Waals surface area contributed by atoms with Crippen LogP contribution in [0.2, 0.25) is 0 Å². The van der Waals surface area contributed by atoms with Crippen molar-refractivity contribution in [3.63, 3.8) is 0 Å². The molecule has 0 aromatic heterocycles. The molecule has 0 atom stereocenters. The maximum Gasteiger partial charge on any atom is 0.161 e. The zero-order chi connectivity index (χ0) is 8.55. The number of rotatable bonds is 1. The van der Waals surface area contributed by atoms with Gasteiger partial charge in [0.2, 0.25) is 0 Å². The van der Waals surface area contributed by atoms with Crippen LogP contribution in [0.4, 0.5) is 5.69 Å². The quantitative estimate of drug-likeness (QED) is 0.700. The molecular weight excluding hydrogens is 186 g/mol. The third-order valence-electron chi connectivity index (χ3n) is 2.23. The summed E-state index contributed by atoms with van der Waals surface area (Å²) in [6, 6.07) is 5.89. The monoisotopic (exact) mass is 197 g/mol. The van der Waals surface area contributed by atoms with E-state index < -0.39 is 0 Å². The predicted molar refractivity (Wildman–Crippen MR) is 55.9 cm³/mol. The minimum atomic E-state index is 0. The van der Waals surface area contributed by atoms with Gasteiger partial charge < -0.3 is 5.32 Å². The van der Waals surface area contributed by atoms with Crippen LogP contribution >= 0.6 is 12.4 Å². The van der Waals surface area contributed by atoms with Crippen molar-refractivity contribution in [3.05, 3.63) is 29.3 Å². The Labute approximate surface area is 83.7 Å². The molecule has 0 unspecified atom stereocenters. The smallest absolute Gasteiger partial charge is 0.161 e. The minimum absolute atomic E-state index is 0. The zero-order valence-electron chi connectivity index (χ0n) is 7.46. The standard InChI is InChI=1S/C10H11NO.ClH/c1-7(12)9-4-2-3-8-5-6-11-10(8)9;/h2-4,11H,5-6H2,1H3;1H. The number of nitrogens with one attached hydrogen (secondary N) is 1. The Bertz CT molecular complexity index is 336. The summed E-state index contributed by atoms with van der Waals surface area (Å²) >= 11 is 0. The zero-order valence-corrected chi connectivity index (χ0v) is 8.28. The van der Waals surface area contributed by atoms with E-state index in [0.717, 1.165) is 24.2 Å². The molecule has 1 aromatic carbocycles. The molecule has 0 saturated heterocycles. The number of carbonyl (C=O) groups excluding carboxylic acids is 1. The summed E-state index contributed by atoms with van der Waals surface area (Å²) in [6.45, 7) is 2.56. The molecule has 0 aliphatic carbocycles. The van der Waals surface area contributed by atoms with Gasteiger partial charge in [0.1, 0.15) is 0 Å². The Morgan fingerprint density at radius 3 is 2.92 bits per heavy atom. The average Bonchev–Trinajstić information content (AvgIpc) is 2.49. The van der Waals surface area contributed by atoms with Gasteiger partial charge in [-0.2, -0.15) is 0 Å². The molecule has 1 N–H and O–H groups in total. The van der Waals surface area contributed by atoms with Crippen LogP contribution < -0.4 is 5.32 Å². The molecular formula is C10H12ClNO. The highest BCUT2D eigenvalue weighted by atomic mass is 35.5. The first-order chi connectivity index (χ1) is 5.79. The molecule has 0 spiro atoms. The molecule has 0 radical (unpaired) electrons. The number of hydrogen-bond acceptors (Lipinski definition) is 2. The molecule has 2 rings (SSSR count). The molecule has 3 heteroatoms. The minimum Gasteiger partial charge on any atom is -0.384 e. The molecule has 1 aliphatic rings. The van der Waals surface area contributed by atoms with Crippen LogP contribution in [0.15, 0.2) is 18.2 Å². The first-order valence-corrected chi connectivity index (χ1v) is 4.16. The lowest BCUT2D eigenvalue weighted by molar-refractivity contribution is 0.101. The maximum atomic E-state index is 11.2. The van der Waals surface area contributed by atoms with E-state index in [4.69, 9.17) is 0 Å². The Morgan fingerprint density at radius 1 is 1.46 bits per heavy atom. The highest BCUT2D eigenvalue weighted by Gasteiger charge is 2.15. The Balaban J connectivity index is 0.000000845. The summed E-state index contributed by atoms with van der Waals surface area (Å²) in [6.07, 6.45) is 1.04. The summed E-state index contributed by atoms with van der Waals surface area (Å²) in [5, 5.41) is 3.23. The van der Waals surface area contributed by atoms with Gasteiger partial charge in [0.05, 0.1) is 0 Å². The summed E-state index contributed by atoms with van der Waals surface area (Å²) in [7, 11) is 0. The van der Waals surface area contributed by atoms with Crippen LogP contribution in [0.25, 0.3) is 0 Å². The maximum absolute atomic E-state index is 11.2. The van der Waals surface area contributed by atoms with Gasteiger partial charge in [0.15, 0.2) is 5.78 Å². The molecule has 1 aromatic rings. The van der Waals surface area contributed by atoms with Crippen LogP contribution in [-0.4, -0.2) is 12.3 Å². The van der Waals surface area contributed by atoms with Crippen molar-refractivity contribution < 1.29 is 4.79 Å². The number of halogens is 1. The van der Waals surface area contributed by atoms with E-state index in [-0.39, 0.29) is 18.2 Å². The molecule has 13 heavy (non-hydrogen) atoms. The number of para-hydroxylation sites is 1. The van der Waals surface area contributed by atoms with Gasteiger partial charge in [-0.1, -0.05) is 12.1 Å². The van der Waals surface area contributed by atoms with Crippen molar-refractivity contribution in [2.75, 3.05) is 11.9 Å². The van der Waals surface area contributed by atoms with Gasteiger partial charge in [-0.3, -0.25) is 4.79 Å². The van der Waals surface area contributed by atoms with Crippen molar-refractivity contribution in [2.24, 2.45) is 0 Å². The van der Waals surface area contributed by atoms with E-state index in [1.54, 1.807) is 6.92 Å². The van der Waals surface area contributed by atoms with Crippen LogP contribution in [0.1, 0.15) is 22.8 Å². The highest BCUT2D eigenvalue weighted by Crippen LogP contribution is 2.26. The topological polar surface area (TPSA) is 29.1 Å². The predicted octanol–water partition coefficient (Wildman–Crippen LogP) is 2.28. The fraction of sp³-hybridized carbons (Fsp3) is 0.300. The third-order valence-corrected chi connectivity index (χ3v) is 2.23. The number of ketones is 1. The lowest BCUT2D eigenvalue weighted by Crippen LogP contribution is -1.99. The van der Waals surface area contributed by atoms with E-state index in [1.165, 1.54) is 5.56 Å². The van der Waals surface area contributed by atoms with E-state index in [1.807, 2.05) is 12.1 Å². The fourth-order valence-corrected chi connectivity index (χ4v) is 1.63. The van der Waals surface area contributed by atoms with Gasteiger partial charge in [-0.25, -0.2) is 0 Å². The average molecular weight is 198 g/mol. The van der Waals surface area contributed by atoms with Gasteiger partial charge in [-0.15, -0.1) is 12.4 Å². The highest BCUT2D eigenvalue weighted by molar-refractivity contribution is 6.00. The second kappa shape index (κ2) is 3.79. The van der Waals surface area contributed by atoms with Crippen molar-refractivity contribution in [2.45, 2.75) is 13.3 Å². The summed E-state index contributed by atoms with van der Waals surface area (Å²) in [5.74, 6) is 0.140. The van der Waals surface area contributed by atoms with E-state index in [2.05, 4.69) is 11.4 Å². The van der Waals surface area contributed by atoms with Crippen molar-refractivity contribution in [1.82, 2.24) is 0 Å². The summed E-state index contributed by atoms with van der Waals surface area (Å²) in [5.41, 5.74) is 3.14. The molecule has 0 saturated carbocycles. The molecule has 2 nitrogen and oxygen atoms in total.